The summed E-state index contributed by atoms with van der Waals surface area (Å²) in [5, 5.41) is 0. The minimum absolute atomic E-state index is 0.00694. The van der Waals surface area contributed by atoms with Crippen LogP contribution >= 0.6 is 0 Å². The lowest BCUT2D eigenvalue weighted by molar-refractivity contribution is 0.478. The standard InChI is InChI=1S/C9H4F3/c10-7-5-3-1-2-4-6(5)8(11)9(7)12/h1-4H. The molecule has 2 rings (SSSR count). The van der Waals surface area contributed by atoms with E-state index in [-0.39, 0.29) is 11.1 Å². The van der Waals surface area contributed by atoms with Gasteiger partial charge >= 0.3 is 0 Å². The maximum atomic E-state index is 12.8. The molecule has 0 N–H and O–H groups in total. The predicted octanol–water partition coefficient (Wildman–Crippen LogP) is 3.16. The van der Waals surface area contributed by atoms with Crippen LogP contribution < -0.4 is 0 Å². The summed E-state index contributed by atoms with van der Waals surface area (Å²) in [6.07, 6.45) is -1.11. The molecule has 1 aromatic carbocycles. The summed E-state index contributed by atoms with van der Waals surface area (Å²) in [5.41, 5.74) is -0.0139. The average molecular weight is 169 g/mol. The minimum atomic E-state index is -1.39. The number of hydrogen-bond acceptors (Lipinski definition) is 0. The van der Waals surface area contributed by atoms with Gasteiger partial charge in [0.1, 0.15) is 0 Å². The molecule has 0 amide bonds. The van der Waals surface area contributed by atoms with Crippen LogP contribution in [0.15, 0.2) is 30.1 Å². The summed E-state index contributed by atoms with van der Waals surface area (Å²) in [6.45, 7) is 0. The van der Waals surface area contributed by atoms with Gasteiger partial charge in [-0.1, -0.05) is 24.3 Å². The summed E-state index contributed by atoms with van der Waals surface area (Å²) < 4.78 is 38.2. The Bertz CT molecular complexity index is 355. The van der Waals surface area contributed by atoms with E-state index < -0.39 is 17.8 Å². The Morgan fingerprint density at radius 3 is 1.92 bits per heavy atom. The third kappa shape index (κ3) is 0.793. The molecule has 0 unspecified atom stereocenters. The number of halogens is 3. The smallest absolute Gasteiger partial charge is 0.226 e. The second-order valence-electron chi connectivity index (χ2n) is 2.49. The lowest BCUT2D eigenvalue weighted by Gasteiger charge is -1.97. The molecule has 1 aliphatic rings. The van der Waals surface area contributed by atoms with Crippen LogP contribution in [-0.2, 0) is 0 Å². The first-order valence-electron chi connectivity index (χ1n) is 3.39. The fraction of sp³-hybridized carbons (Fsp3) is 0. The van der Waals surface area contributed by atoms with Gasteiger partial charge in [0.05, 0.1) is 0 Å². The topological polar surface area (TPSA) is 0 Å². The molecule has 1 aromatic rings. The highest BCUT2D eigenvalue weighted by molar-refractivity contribution is 5.75. The molecule has 0 saturated heterocycles. The summed E-state index contributed by atoms with van der Waals surface area (Å²) in [5.74, 6) is -2.50. The molecule has 1 radical (unpaired) electrons. The summed E-state index contributed by atoms with van der Waals surface area (Å²) >= 11 is 0. The van der Waals surface area contributed by atoms with E-state index >= 15 is 0 Å². The molecule has 1 aliphatic carbocycles. The number of fused-ring (bicyclic) bond motifs is 1. The first-order chi connectivity index (χ1) is 5.72. The Morgan fingerprint density at radius 1 is 0.750 bits per heavy atom. The molecule has 0 nitrogen and oxygen atoms in total. The first kappa shape index (κ1) is 7.40. The zero-order valence-corrected chi connectivity index (χ0v) is 5.94. The van der Waals surface area contributed by atoms with Crippen LogP contribution in [0.4, 0.5) is 13.2 Å². The minimum Gasteiger partial charge on any atom is -0.226 e. The van der Waals surface area contributed by atoms with E-state index in [1.54, 1.807) is 0 Å². The maximum absolute atomic E-state index is 12.8. The van der Waals surface area contributed by atoms with Crippen molar-refractivity contribution in [1.29, 1.82) is 0 Å². The highest BCUT2D eigenvalue weighted by atomic mass is 19.2. The third-order valence-electron chi connectivity index (χ3n) is 1.79. The van der Waals surface area contributed by atoms with Crippen LogP contribution in [0.3, 0.4) is 0 Å². The van der Waals surface area contributed by atoms with Gasteiger partial charge in [-0.05, 0) is 0 Å². The molecular weight excluding hydrogens is 165 g/mol. The van der Waals surface area contributed by atoms with E-state index in [9.17, 15) is 13.2 Å². The highest BCUT2D eigenvalue weighted by Crippen LogP contribution is 2.42. The molecule has 0 saturated carbocycles. The van der Waals surface area contributed by atoms with Crippen molar-refractivity contribution in [3.05, 3.63) is 47.4 Å². The van der Waals surface area contributed by atoms with Crippen LogP contribution in [-0.4, -0.2) is 0 Å². The van der Waals surface area contributed by atoms with Crippen molar-refractivity contribution >= 4 is 5.83 Å². The van der Waals surface area contributed by atoms with E-state index in [4.69, 9.17) is 0 Å². The van der Waals surface area contributed by atoms with Gasteiger partial charge in [0.25, 0.3) is 0 Å². The number of benzene rings is 1. The third-order valence-corrected chi connectivity index (χ3v) is 1.79. The molecule has 3 heteroatoms. The van der Waals surface area contributed by atoms with Gasteiger partial charge in [-0.25, -0.2) is 13.2 Å². The first-order valence-corrected chi connectivity index (χ1v) is 3.39. The van der Waals surface area contributed by atoms with Gasteiger partial charge in [-0.3, -0.25) is 0 Å². The average Bonchev–Trinajstić information content (AvgIpc) is 2.33. The van der Waals surface area contributed by atoms with Gasteiger partial charge in [-0.15, -0.1) is 0 Å². The molecule has 0 aliphatic heterocycles. The van der Waals surface area contributed by atoms with Crippen LogP contribution in [0, 0.1) is 6.17 Å². The lowest BCUT2D eigenvalue weighted by atomic mass is 10.1. The predicted molar refractivity (Wildman–Crippen MR) is 39.0 cm³/mol. The zero-order chi connectivity index (χ0) is 8.72. The van der Waals surface area contributed by atoms with Gasteiger partial charge in [0.2, 0.25) is 6.17 Å². The summed E-state index contributed by atoms with van der Waals surface area (Å²) in [7, 11) is 0. The van der Waals surface area contributed by atoms with Crippen LogP contribution in [0.25, 0.3) is 5.83 Å². The van der Waals surface area contributed by atoms with Crippen LogP contribution in [0.1, 0.15) is 11.1 Å². The monoisotopic (exact) mass is 169 g/mol. The van der Waals surface area contributed by atoms with E-state index in [2.05, 4.69) is 0 Å². The second kappa shape index (κ2) is 2.37. The number of rotatable bonds is 0. The Kier molecular flexibility index (Phi) is 1.46. The molecule has 61 valence electrons. The van der Waals surface area contributed by atoms with E-state index in [0.717, 1.165) is 0 Å². The van der Waals surface area contributed by atoms with Crippen molar-refractivity contribution in [2.75, 3.05) is 0 Å². The van der Waals surface area contributed by atoms with Gasteiger partial charge in [0, 0.05) is 11.1 Å². The fourth-order valence-electron chi connectivity index (χ4n) is 1.20. The number of allylic oxidation sites excluding steroid dienone is 1. The molecule has 0 aromatic heterocycles. The largest absolute Gasteiger partial charge is 0.235 e. The molecule has 0 fully saturated rings. The summed E-state index contributed by atoms with van der Waals surface area (Å²) in [4.78, 5) is 0. The van der Waals surface area contributed by atoms with E-state index in [1.165, 1.54) is 24.3 Å². The maximum Gasteiger partial charge on any atom is 0.235 e. The molecule has 0 heterocycles. The van der Waals surface area contributed by atoms with E-state index in [0.29, 0.717) is 0 Å². The van der Waals surface area contributed by atoms with Crippen LogP contribution in [0.5, 0.6) is 0 Å². The Morgan fingerprint density at radius 2 is 1.33 bits per heavy atom. The fourth-order valence-corrected chi connectivity index (χ4v) is 1.20. The SMILES string of the molecule is F[C]1C(F)=C(F)c2ccccc21. The van der Waals surface area contributed by atoms with Gasteiger partial charge in [-0.2, -0.15) is 0 Å². The van der Waals surface area contributed by atoms with Crippen molar-refractivity contribution in [3.63, 3.8) is 0 Å². The second-order valence-corrected chi connectivity index (χ2v) is 2.49. The Labute approximate surface area is 67.3 Å². The van der Waals surface area contributed by atoms with E-state index in [1.807, 2.05) is 0 Å². The zero-order valence-electron chi connectivity index (χ0n) is 5.94. The lowest BCUT2D eigenvalue weighted by Crippen LogP contribution is -1.87. The molecular formula is C9H4F3. The molecule has 0 bridgehead atoms. The van der Waals surface area contributed by atoms with Crippen molar-refractivity contribution in [2.24, 2.45) is 0 Å². The Balaban J connectivity index is 2.65. The Hall–Kier alpha value is -1.25. The number of hydrogen-bond donors (Lipinski definition) is 0. The van der Waals surface area contributed by atoms with Crippen molar-refractivity contribution in [3.8, 4) is 0 Å². The van der Waals surface area contributed by atoms with Crippen molar-refractivity contribution in [2.45, 2.75) is 0 Å². The highest BCUT2D eigenvalue weighted by Gasteiger charge is 2.33. The van der Waals surface area contributed by atoms with Crippen molar-refractivity contribution < 1.29 is 13.2 Å². The normalized spacial score (nSPS) is 16.9. The van der Waals surface area contributed by atoms with Crippen molar-refractivity contribution in [1.82, 2.24) is 0 Å². The molecule has 0 atom stereocenters. The van der Waals surface area contributed by atoms with Gasteiger partial charge in [0.15, 0.2) is 11.7 Å². The van der Waals surface area contributed by atoms with Crippen LogP contribution in [0.2, 0.25) is 0 Å². The molecule has 0 spiro atoms. The quantitative estimate of drug-likeness (QED) is 0.559. The van der Waals surface area contributed by atoms with Gasteiger partial charge < -0.3 is 0 Å². The molecule has 12 heavy (non-hydrogen) atoms. The summed E-state index contributed by atoms with van der Waals surface area (Å²) in [6, 6.07) is 5.75.